The molecular formula is C28H31N5O4. The summed E-state index contributed by atoms with van der Waals surface area (Å²) in [6.45, 7) is 1.39. The Morgan fingerprint density at radius 2 is 1.54 bits per heavy atom. The number of fused-ring (bicyclic) bond motifs is 1. The first-order chi connectivity index (χ1) is 17.7. The Morgan fingerprint density at radius 3 is 2.14 bits per heavy atom. The molecule has 2 aromatic carbocycles. The maximum atomic E-state index is 13.1. The fraction of sp³-hybridized carbons (Fsp3) is 0.321. The zero-order valence-electron chi connectivity index (χ0n) is 21.1. The molecule has 37 heavy (non-hydrogen) atoms. The quantitative estimate of drug-likeness (QED) is 0.560. The summed E-state index contributed by atoms with van der Waals surface area (Å²) in [7, 11) is 3.45. The summed E-state index contributed by atoms with van der Waals surface area (Å²) in [5.74, 6) is -0.237. The van der Waals surface area contributed by atoms with Gasteiger partial charge in [-0.25, -0.2) is 0 Å². The molecule has 3 amide bonds. The molecule has 0 aliphatic carbocycles. The number of likely N-dealkylation sites (tertiary alicyclic amines) is 1. The van der Waals surface area contributed by atoms with E-state index in [1.807, 2.05) is 36.4 Å². The molecule has 9 nitrogen and oxygen atoms in total. The molecule has 1 aromatic heterocycles. The molecule has 0 unspecified atom stereocenters. The van der Waals surface area contributed by atoms with E-state index in [0.717, 1.165) is 11.1 Å². The lowest BCUT2D eigenvalue weighted by Gasteiger charge is -2.42. The van der Waals surface area contributed by atoms with Gasteiger partial charge in [-0.3, -0.25) is 19.1 Å². The van der Waals surface area contributed by atoms with Gasteiger partial charge in [0.25, 0.3) is 17.7 Å². The summed E-state index contributed by atoms with van der Waals surface area (Å²) < 4.78 is 1.69. The predicted molar refractivity (Wildman–Crippen MR) is 140 cm³/mol. The van der Waals surface area contributed by atoms with E-state index in [1.165, 1.54) is 0 Å². The lowest BCUT2D eigenvalue weighted by atomic mass is 9.90. The Morgan fingerprint density at radius 1 is 0.946 bits per heavy atom. The van der Waals surface area contributed by atoms with Gasteiger partial charge in [0, 0.05) is 44.5 Å². The van der Waals surface area contributed by atoms with Gasteiger partial charge in [-0.15, -0.1) is 0 Å². The van der Waals surface area contributed by atoms with E-state index in [9.17, 15) is 19.5 Å². The van der Waals surface area contributed by atoms with Gasteiger partial charge in [-0.2, -0.15) is 0 Å². The van der Waals surface area contributed by atoms with Gasteiger partial charge in [-0.1, -0.05) is 24.3 Å². The van der Waals surface area contributed by atoms with E-state index in [2.05, 4.69) is 5.43 Å². The minimum atomic E-state index is -1.03. The highest BCUT2D eigenvalue weighted by Gasteiger charge is 2.38. The highest BCUT2D eigenvalue weighted by atomic mass is 16.3. The summed E-state index contributed by atoms with van der Waals surface area (Å²) in [6, 6.07) is 18.4. The van der Waals surface area contributed by atoms with Crippen molar-refractivity contribution in [3.8, 4) is 11.1 Å². The Hall–Kier alpha value is -4.11. The van der Waals surface area contributed by atoms with E-state index in [-0.39, 0.29) is 24.3 Å². The maximum Gasteiger partial charge on any atom is 0.273 e. The van der Waals surface area contributed by atoms with Crippen LogP contribution in [0.25, 0.3) is 11.1 Å². The maximum absolute atomic E-state index is 13.1. The number of carbonyl (C=O) groups excluding carboxylic acids is 3. The first-order valence-electron chi connectivity index (χ1n) is 12.4. The second kappa shape index (κ2) is 9.74. The molecule has 0 saturated carbocycles. The van der Waals surface area contributed by atoms with Crippen LogP contribution >= 0.6 is 0 Å². The largest absolute Gasteiger partial charge is 0.388 e. The molecule has 0 radical (unpaired) electrons. The van der Waals surface area contributed by atoms with Crippen LogP contribution in [-0.4, -0.2) is 88.2 Å². The molecule has 2 N–H and O–H groups in total. The highest BCUT2D eigenvalue weighted by Crippen LogP contribution is 2.27. The summed E-state index contributed by atoms with van der Waals surface area (Å²) in [5, 5.41) is 11.2. The Balaban J connectivity index is 1.18. The lowest BCUT2D eigenvalue weighted by Crippen LogP contribution is -2.56. The fourth-order valence-corrected chi connectivity index (χ4v) is 4.91. The smallest absolute Gasteiger partial charge is 0.273 e. The zero-order chi connectivity index (χ0) is 26.2. The van der Waals surface area contributed by atoms with E-state index < -0.39 is 5.60 Å². The third-order valence-corrected chi connectivity index (χ3v) is 7.16. The number of rotatable bonds is 5. The fourth-order valence-electron chi connectivity index (χ4n) is 4.91. The predicted octanol–water partition coefficient (Wildman–Crippen LogP) is 2.48. The summed E-state index contributed by atoms with van der Waals surface area (Å²) in [4.78, 5) is 42.9. The first kappa shape index (κ1) is 24.6. The molecule has 2 aliphatic rings. The normalized spacial score (nSPS) is 16.7. The van der Waals surface area contributed by atoms with Gasteiger partial charge in [0.2, 0.25) is 0 Å². The van der Waals surface area contributed by atoms with Crippen molar-refractivity contribution in [1.29, 1.82) is 0 Å². The monoisotopic (exact) mass is 501 g/mol. The Labute approximate surface area is 215 Å². The van der Waals surface area contributed by atoms with Crippen molar-refractivity contribution >= 4 is 17.7 Å². The third-order valence-electron chi connectivity index (χ3n) is 7.16. The number of amides is 3. The van der Waals surface area contributed by atoms with Gasteiger partial charge >= 0.3 is 0 Å². The van der Waals surface area contributed by atoms with Crippen LogP contribution in [0.4, 0.5) is 0 Å². The average molecular weight is 502 g/mol. The number of β-amino-alcohol motifs (C(OH)–C–C–N with tert-alkyl or cyclic N) is 1. The summed E-state index contributed by atoms with van der Waals surface area (Å²) in [5.41, 5.74) is 5.78. The standard InChI is InChI=1S/C28H31N5O4/c1-30(2)25(34)22-9-5-20(6-10-22)21-7-11-23(12-8-21)26(35)31-16-13-28(37,14-17-31)18-32-19-29-33-15-3-4-24(33)27(32)36/h3-12,15,29,37H,13-14,16-19H2,1-2H3. The molecule has 192 valence electrons. The second-order valence-corrected chi connectivity index (χ2v) is 9.95. The van der Waals surface area contributed by atoms with Crippen LogP contribution in [0.3, 0.4) is 0 Å². The first-order valence-corrected chi connectivity index (χ1v) is 12.4. The molecule has 0 bridgehead atoms. The molecule has 9 heteroatoms. The van der Waals surface area contributed by atoms with Crippen molar-refractivity contribution in [2.24, 2.45) is 0 Å². The van der Waals surface area contributed by atoms with E-state index in [0.29, 0.717) is 49.4 Å². The minimum absolute atomic E-state index is 0.0460. The van der Waals surface area contributed by atoms with Crippen molar-refractivity contribution < 1.29 is 19.5 Å². The van der Waals surface area contributed by atoms with Crippen molar-refractivity contribution in [3.05, 3.63) is 83.7 Å². The van der Waals surface area contributed by atoms with Gasteiger partial charge < -0.3 is 25.2 Å². The van der Waals surface area contributed by atoms with Gasteiger partial charge in [0.1, 0.15) is 12.4 Å². The summed E-state index contributed by atoms with van der Waals surface area (Å²) in [6.07, 6.45) is 2.60. The molecule has 0 spiro atoms. The number of aromatic nitrogens is 1. The number of nitrogens with zero attached hydrogens (tertiary/aromatic N) is 4. The van der Waals surface area contributed by atoms with Crippen molar-refractivity contribution in [2.75, 3.05) is 45.8 Å². The van der Waals surface area contributed by atoms with Crippen molar-refractivity contribution in [3.63, 3.8) is 0 Å². The number of carbonyl (C=O) groups is 3. The van der Waals surface area contributed by atoms with Crippen molar-refractivity contribution in [1.82, 2.24) is 19.4 Å². The molecule has 1 saturated heterocycles. The molecule has 5 rings (SSSR count). The van der Waals surface area contributed by atoms with E-state index in [1.54, 1.807) is 63.9 Å². The molecule has 3 aromatic rings. The van der Waals surface area contributed by atoms with Crippen LogP contribution in [0, 0.1) is 0 Å². The zero-order valence-corrected chi connectivity index (χ0v) is 21.1. The van der Waals surface area contributed by atoms with Crippen LogP contribution in [0.2, 0.25) is 0 Å². The van der Waals surface area contributed by atoms with E-state index in [4.69, 9.17) is 0 Å². The molecule has 2 aliphatic heterocycles. The molecular weight excluding hydrogens is 470 g/mol. The van der Waals surface area contributed by atoms with Crippen LogP contribution in [0.5, 0.6) is 0 Å². The number of piperidine rings is 1. The highest BCUT2D eigenvalue weighted by molar-refractivity contribution is 5.96. The third kappa shape index (κ3) is 4.95. The molecule has 1 fully saturated rings. The number of benzene rings is 2. The van der Waals surface area contributed by atoms with Crippen LogP contribution in [0.15, 0.2) is 66.9 Å². The molecule has 0 atom stereocenters. The second-order valence-electron chi connectivity index (χ2n) is 9.95. The topological polar surface area (TPSA) is 98.1 Å². The van der Waals surface area contributed by atoms with Crippen LogP contribution < -0.4 is 5.43 Å². The van der Waals surface area contributed by atoms with Gasteiger partial charge in [0.15, 0.2) is 0 Å². The number of hydrogen-bond acceptors (Lipinski definition) is 5. The van der Waals surface area contributed by atoms with Crippen molar-refractivity contribution in [2.45, 2.75) is 18.4 Å². The van der Waals surface area contributed by atoms with Crippen LogP contribution in [0.1, 0.15) is 44.0 Å². The average Bonchev–Trinajstić information content (AvgIpc) is 3.40. The van der Waals surface area contributed by atoms with Gasteiger partial charge in [0.05, 0.1) is 12.1 Å². The number of aliphatic hydroxyl groups is 1. The summed E-state index contributed by atoms with van der Waals surface area (Å²) >= 11 is 0. The minimum Gasteiger partial charge on any atom is -0.388 e. The van der Waals surface area contributed by atoms with Gasteiger partial charge in [-0.05, 0) is 60.4 Å². The molecule has 3 heterocycles. The number of nitrogens with one attached hydrogen (secondary N) is 1. The Bertz CT molecular complexity index is 1310. The van der Waals surface area contributed by atoms with Crippen LogP contribution in [-0.2, 0) is 0 Å². The Kier molecular flexibility index (Phi) is 6.47. The van der Waals surface area contributed by atoms with E-state index >= 15 is 0 Å². The lowest BCUT2D eigenvalue weighted by molar-refractivity contribution is -0.0369. The number of hydrogen-bond donors (Lipinski definition) is 2. The SMILES string of the molecule is CN(C)C(=O)c1ccc(-c2ccc(C(=O)N3CCC(O)(CN4CNn5cccc5C4=O)CC3)cc2)cc1.